The zero-order valence-electron chi connectivity index (χ0n) is 12.1. The molecule has 0 spiro atoms. The lowest BCUT2D eigenvalue weighted by Crippen LogP contribution is -2.06. The summed E-state index contributed by atoms with van der Waals surface area (Å²) in [4.78, 5) is 4.28. The van der Waals surface area contributed by atoms with Gasteiger partial charge >= 0.3 is 0 Å². The molecule has 5 heteroatoms. The molecule has 2 aromatic rings. The van der Waals surface area contributed by atoms with Crippen LogP contribution in [0.4, 0.5) is 0 Å². The van der Waals surface area contributed by atoms with Crippen LogP contribution in [-0.4, -0.2) is 19.1 Å². The quantitative estimate of drug-likeness (QED) is 0.880. The summed E-state index contributed by atoms with van der Waals surface area (Å²) in [5.74, 6) is 1.27. The number of benzene rings is 1. The van der Waals surface area contributed by atoms with Gasteiger partial charge in [-0.1, -0.05) is 6.07 Å². The molecular weight excluding hydrogens is 266 g/mol. The lowest BCUT2D eigenvalue weighted by atomic mass is 10.1. The smallest absolute Gasteiger partial charge is 0.138 e. The van der Waals surface area contributed by atoms with Gasteiger partial charge in [-0.2, -0.15) is 5.26 Å². The average Bonchev–Trinajstić information content (AvgIpc) is 2.54. The predicted octanol–water partition coefficient (Wildman–Crippen LogP) is 2.26. The molecule has 0 aliphatic rings. The number of nitriles is 1. The second-order valence-electron chi connectivity index (χ2n) is 4.45. The van der Waals surface area contributed by atoms with Crippen molar-refractivity contribution in [1.29, 1.82) is 5.26 Å². The predicted molar refractivity (Wildman–Crippen MR) is 79.0 cm³/mol. The SMILES string of the molecule is CNCc1ccc(OCc2ccc(OC)c(C#N)c2)cn1. The molecule has 108 valence electrons. The van der Waals surface area contributed by atoms with Gasteiger partial charge in [-0.3, -0.25) is 4.98 Å². The van der Waals surface area contributed by atoms with Gasteiger partial charge in [-0.25, -0.2) is 0 Å². The van der Waals surface area contributed by atoms with E-state index < -0.39 is 0 Å². The van der Waals surface area contributed by atoms with E-state index in [0.717, 1.165) is 17.8 Å². The minimum absolute atomic E-state index is 0.381. The second kappa shape index (κ2) is 7.27. The van der Waals surface area contributed by atoms with E-state index in [2.05, 4.69) is 16.4 Å². The topological polar surface area (TPSA) is 67.2 Å². The molecular formula is C16H17N3O2. The van der Waals surface area contributed by atoms with Crippen molar-refractivity contribution >= 4 is 0 Å². The Labute approximate surface area is 124 Å². The zero-order valence-corrected chi connectivity index (χ0v) is 12.1. The maximum Gasteiger partial charge on any atom is 0.138 e. The number of rotatable bonds is 6. The Bertz CT molecular complexity index is 633. The van der Waals surface area contributed by atoms with Crippen LogP contribution in [0.1, 0.15) is 16.8 Å². The van der Waals surface area contributed by atoms with Crippen molar-refractivity contribution in [1.82, 2.24) is 10.3 Å². The first kappa shape index (κ1) is 14.8. The number of nitrogens with zero attached hydrogens (tertiary/aromatic N) is 2. The first-order valence-corrected chi connectivity index (χ1v) is 6.56. The van der Waals surface area contributed by atoms with Crippen LogP contribution in [0, 0.1) is 11.3 Å². The Morgan fingerprint density at radius 2 is 2.14 bits per heavy atom. The van der Waals surface area contributed by atoms with E-state index in [4.69, 9.17) is 14.7 Å². The fraction of sp³-hybridized carbons (Fsp3) is 0.250. The summed E-state index contributed by atoms with van der Waals surface area (Å²) < 4.78 is 10.8. The van der Waals surface area contributed by atoms with E-state index in [9.17, 15) is 0 Å². The molecule has 2 rings (SSSR count). The van der Waals surface area contributed by atoms with Gasteiger partial charge in [0.1, 0.15) is 24.2 Å². The molecule has 1 heterocycles. The summed E-state index contributed by atoms with van der Waals surface area (Å²) in [5, 5.41) is 12.1. The van der Waals surface area contributed by atoms with Crippen LogP contribution >= 0.6 is 0 Å². The number of hydrogen-bond acceptors (Lipinski definition) is 5. The van der Waals surface area contributed by atoms with E-state index >= 15 is 0 Å². The maximum absolute atomic E-state index is 9.05. The molecule has 1 aromatic carbocycles. The van der Waals surface area contributed by atoms with Crippen LogP contribution in [0.15, 0.2) is 36.5 Å². The van der Waals surface area contributed by atoms with Crippen molar-refractivity contribution < 1.29 is 9.47 Å². The Morgan fingerprint density at radius 3 is 2.76 bits per heavy atom. The standard InChI is InChI=1S/C16H17N3O2/c1-18-9-14-4-5-15(10-19-14)21-11-12-3-6-16(20-2)13(7-12)8-17/h3-7,10,18H,9,11H2,1-2H3. The highest BCUT2D eigenvalue weighted by molar-refractivity contribution is 5.45. The van der Waals surface area contributed by atoms with Crippen LogP contribution < -0.4 is 14.8 Å². The van der Waals surface area contributed by atoms with Gasteiger partial charge in [-0.05, 0) is 36.9 Å². The summed E-state index contributed by atoms with van der Waals surface area (Å²) >= 11 is 0. The molecule has 0 atom stereocenters. The molecule has 5 nitrogen and oxygen atoms in total. The molecule has 0 aliphatic carbocycles. The maximum atomic E-state index is 9.05. The monoisotopic (exact) mass is 283 g/mol. The Kier molecular flexibility index (Phi) is 5.13. The van der Waals surface area contributed by atoms with Gasteiger partial charge in [0.2, 0.25) is 0 Å². The van der Waals surface area contributed by atoms with Crippen molar-refractivity contribution in [2.75, 3.05) is 14.2 Å². The normalized spacial score (nSPS) is 9.95. The van der Waals surface area contributed by atoms with Crippen molar-refractivity contribution in [3.05, 3.63) is 53.3 Å². The number of hydrogen-bond donors (Lipinski definition) is 1. The minimum Gasteiger partial charge on any atom is -0.495 e. The van der Waals surface area contributed by atoms with E-state index in [-0.39, 0.29) is 0 Å². The van der Waals surface area contributed by atoms with Gasteiger partial charge in [0.25, 0.3) is 0 Å². The average molecular weight is 283 g/mol. The van der Waals surface area contributed by atoms with E-state index in [0.29, 0.717) is 23.7 Å². The summed E-state index contributed by atoms with van der Waals surface area (Å²) in [6, 6.07) is 11.3. The summed E-state index contributed by atoms with van der Waals surface area (Å²) in [5.41, 5.74) is 2.37. The number of aromatic nitrogens is 1. The van der Waals surface area contributed by atoms with Crippen LogP contribution in [0.5, 0.6) is 11.5 Å². The number of nitrogens with one attached hydrogen (secondary N) is 1. The van der Waals surface area contributed by atoms with Crippen molar-refractivity contribution in [2.24, 2.45) is 0 Å². The molecule has 0 unspecified atom stereocenters. The molecule has 0 amide bonds. The molecule has 0 radical (unpaired) electrons. The fourth-order valence-electron chi connectivity index (χ4n) is 1.88. The molecule has 1 aromatic heterocycles. The number of methoxy groups -OCH3 is 1. The molecule has 0 bridgehead atoms. The molecule has 21 heavy (non-hydrogen) atoms. The third-order valence-electron chi connectivity index (χ3n) is 2.95. The van der Waals surface area contributed by atoms with Crippen LogP contribution in [-0.2, 0) is 13.2 Å². The van der Waals surface area contributed by atoms with Crippen molar-refractivity contribution in [2.45, 2.75) is 13.2 Å². The highest BCUT2D eigenvalue weighted by atomic mass is 16.5. The van der Waals surface area contributed by atoms with Gasteiger partial charge in [0.15, 0.2) is 0 Å². The van der Waals surface area contributed by atoms with Gasteiger partial charge < -0.3 is 14.8 Å². The zero-order chi connectivity index (χ0) is 15.1. The Balaban J connectivity index is 2.01. The lowest BCUT2D eigenvalue weighted by Gasteiger charge is -2.08. The Hall–Kier alpha value is -2.58. The molecule has 1 N–H and O–H groups in total. The lowest BCUT2D eigenvalue weighted by molar-refractivity contribution is 0.304. The van der Waals surface area contributed by atoms with Crippen LogP contribution in [0.2, 0.25) is 0 Å². The van der Waals surface area contributed by atoms with Crippen molar-refractivity contribution in [3.8, 4) is 17.6 Å². The molecule has 0 fully saturated rings. The van der Waals surface area contributed by atoms with Crippen LogP contribution in [0.3, 0.4) is 0 Å². The van der Waals surface area contributed by atoms with E-state index in [1.54, 1.807) is 25.4 Å². The van der Waals surface area contributed by atoms with Gasteiger partial charge in [0.05, 0.1) is 24.6 Å². The van der Waals surface area contributed by atoms with E-state index in [1.165, 1.54) is 0 Å². The Morgan fingerprint density at radius 1 is 1.29 bits per heavy atom. The summed E-state index contributed by atoms with van der Waals surface area (Å²) in [6.07, 6.45) is 1.70. The first-order chi connectivity index (χ1) is 10.3. The first-order valence-electron chi connectivity index (χ1n) is 6.56. The molecule has 0 aliphatic heterocycles. The van der Waals surface area contributed by atoms with Crippen molar-refractivity contribution in [3.63, 3.8) is 0 Å². The molecule has 0 saturated heterocycles. The fourth-order valence-corrected chi connectivity index (χ4v) is 1.88. The second-order valence-corrected chi connectivity index (χ2v) is 4.45. The number of pyridine rings is 1. The highest BCUT2D eigenvalue weighted by Crippen LogP contribution is 2.20. The largest absolute Gasteiger partial charge is 0.495 e. The minimum atomic E-state index is 0.381. The summed E-state index contributed by atoms with van der Waals surface area (Å²) in [7, 11) is 3.42. The highest BCUT2D eigenvalue weighted by Gasteiger charge is 2.04. The number of ether oxygens (including phenoxy) is 2. The molecule has 0 saturated carbocycles. The van der Waals surface area contributed by atoms with Gasteiger partial charge in [-0.15, -0.1) is 0 Å². The summed E-state index contributed by atoms with van der Waals surface area (Å²) in [6.45, 7) is 1.11. The third kappa shape index (κ3) is 3.94. The van der Waals surface area contributed by atoms with Gasteiger partial charge in [0, 0.05) is 6.54 Å². The van der Waals surface area contributed by atoms with Crippen LogP contribution in [0.25, 0.3) is 0 Å². The van der Waals surface area contributed by atoms with E-state index in [1.807, 2.05) is 25.2 Å². The third-order valence-corrected chi connectivity index (χ3v) is 2.95.